The fraction of sp³-hybridized carbons (Fsp3) is 0.375. The van der Waals surface area contributed by atoms with Crippen molar-refractivity contribution in [3.63, 3.8) is 0 Å². The highest BCUT2D eigenvalue weighted by molar-refractivity contribution is 6.32. The van der Waals surface area contributed by atoms with Crippen LogP contribution in [0.1, 0.15) is 25.5 Å². The van der Waals surface area contributed by atoms with Crippen molar-refractivity contribution in [1.82, 2.24) is 4.98 Å². The fourth-order valence-electron chi connectivity index (χ4n) is 0.791. The zero-order valence-corrected chi connectivity index (χ0v) is 7.56. The molecule has 1 heterocycles. The Morgan fingerprint density at radius 1 is 1.58 bits per heavy atom. The Hall–Kier alpha value is -0.830. The maximum atomic E-state index is 12.8. The van der Waals surface area contributed by atoms with Crippen molar-refractivity contribution in [3.8, 4) is 5.75 Å². The summed E-state index contributed by atoms with van der Waals surface area (Å²) in [6.07, 6.45) is 0. The molecule has 0 fully saturated rings. The Kier molecular flexibility index (Phi) is 2.52. The molecule has 1 aromatic rings. The van der Waals surface area contributed by atoms with Gasteiger partial charge < -0.3 is 5.11 Å². The molecule has 66 valence electrons. The van der Waals surface area contributed by atoms with Gasteiger partial charge in [0.1, 0.15) is 0 Å². The highest BCUT2D eigenvalue weighted by Gasteiger charge is 2.11. The number of hydrogen-bond donors (Lipinski definition) is 1. The van der Waals surface area contributed by atoms with Crippen LogP contribution in [0.4, 0.5) is 4.39 Å². The molecule has 0 aliphatic heterocycles. The molecule has 0 spiro atoms. The lowest BCUT2D eigenvalue weighted by atomic mass is 10.1. The van der Waals surface area contributed by atoms with Crippen molar-refractivity contribution in [1.29, 1.82) is 0 Å². The van der Waals surface area contributed by atoms with Gasteiger partial charge >= 0.3 is 0 Å². The van der Waals surface area contributed by atoms with Crippen LogP contribution in [0, 0.1) is 5.95 Å². The smallest absolute Gasteiger partial charge is 0.256 e. The van der Waals surface area contributed by atoms with Gasteiger partial charge in [-0.15, -0.1) is 0 Å². The average Bonchev–Trinajstić information content (AvgIpc) is 1.99. The summed E-state index contributed by atoms with van der Waals surface area (Å²) in [7, 11) is 0. The molecule has 1 N–H and O–H groups in total. The van der Waals surface area contributed by atoms with E-state index in [1.807, 2.05) is 13.8 Å². The summed E-state index contributed by atoms with van der Waals surface area (Å²) in [6, 6.07) is 1.46. The van der Waals surface area contributed by atoms with E-state index in [-0.39, 0.29) is 10.9 Å². The van der Waals surface area contributed by atoms with Gasteiger partial charge in [0.15, 0.2) is 5.75 Å². The molecule has 0 aliphatic rings. The molecule has 2 nitrogen and oxygen atoms in total. The number of aromatic hydroxyl groups is 1. The summed E-state index contributed by atoms with van der Waals surface area (Å²) < 4.78 is 12.8. The first-order valence-corrected chi connectivity index (χ1v) is 3.95. The fourth-order valence-corrected chi connectivity index (χ4v) is 0.981. The second-order valence-corrected chi connectivity index (χ2v) is 3.23. The zero-order chi connectivity index (χ0) is 9.30. The third-order valence-corrected chi connectivity index (χ3v) is 1.80. The van der Waals surface area contributed by atoms with Gasteiger partial charge in [-0.1, -0.05) is 25.4 Å². The lowest BCUT2D eigenvalue weighted by molar-refractivity contribution is 0.416. The summed E-state index contributed by atoms with van der Waals surface area (Å²) in [6.45, 7) is 3.74. The van der Waals surface area contributed by atoms with Gasteiger partial charge in [0, 0.05) is 5.69 Å². The molecule has 0 amide bonds. The van der Waals surface area contributed by atoms with Gasteiger partial charge in [-0.25, -0.2) is 4.98 Å². The number of nitrogens with zero attached hydrogens (tertiary/aromatic N) is 1. The quantitative estimate of drug-likeness (QED) is 0.689. The molecule has 0 bridgehead atoms. The van der Waals surface area contributed by atoms with E-state index in [0.29, 0.717) is 5.69 Å². The Balaban J connectivity index is 3.21. The van der Waals surface area contributed by atoms with Gasteiger partial charge in [-0.05, 0) is 12.0 Å². The first-order chi connectivity index (χ1) is 5.52. The number of pyridine rings is 1. The second-order valence-electron chi connectivity index (χ2n) is 2.82. The number of halogens is 2. The molecular formula is C8H9ClFNO. The lowest BCUT2D eigenvalue weighted by Gasteiger charge is -2.05. The molecule has 1 aromatic heterocycles. The minimum atomic E-state index is -0.911. The average molecular weight is 190 g/mol. The Morgan fingerprint density at radius 2 is 2.17 bits per heavy atom. The summed E-state index contributed by atoms with van der Waals surface area (Å²) in [5.41, 5.74) is 0.537. The third kappa shape index (κ3) is 1.67. The van der Waals surface area contributed by atoms with Crippen molar-refractivity contribution in [2.24, 2.45) is 0 Å². The van der Waals surface area contributed by atoms with E-state index < -0.39 is 11.7 Å². The molecule has 1 rings (SSSR count). The van der Waals surface area contributed by atoms with Gasteiger partial charge in [-0.2, -0.15) is 4.39 Å². The first kappa shape index (κ1) is 9.26. The molecule has 0 unspecified atom stereocenters. The van der Waals surface area contributed by atoms with Gasteiger partial charge in [0.2, 0.25) is 0 Å². The summed E-state index contributed by atoms with van der Waals surface area (Å²) >= 11 is 5.53. The van der Waals surface area contributed by atoms with E-state index in [1.165, 1.54) is 6.07 Å². The molecule has 0 atom stereocenters. The SMILES string of the molecule is CC(C)c1cc(Cl)c(O)c(F)n1. The van der Waals surface area contributed by atoms with Crippen LogP contribution in [0.2, 0.25) is 5.02 Å². The van der Waals surface area contributed by atoms with E-state index in [1.54, 1.807) is 0 Å². The van der Waals surface area contributed by atoms with Crippen LogP contribution < -0.4 is 0 Å². The van der Waals surface area contributed by atoms with E-state index in [0.717, 1.165) is 0 Å². The van der Waals surface area contributed by atoms with Crippen LogP contribution in [0.15, 0.2) is 6.07 Å². The summed E-state index contributed by atoms with van der Waals surface area (Å²) in [5.74, 6) is -1.40. The third-order valence-electron chi connectivity index (χ3n) is 1.52. The van der Waals surface area contributed by atoms with E-state index >= 15 is 0 Å². The van der Waals surface area contributed by atoms with Gasteiger partial charge in [0.05, 0.1) is 5.02 Å². The topological polar surface area (TPSA) is 33.1 Å². The largest absolute Gasteiger partial charge is 0.503 e. The van der Waals surface area contributed by atoms with Crippen LogP contribution in [0.25, 0.3) is 0 Å². The Bertz CT molecular complexity index is 278. The number of aromatic nitrogens is 1. The van der Waals surface area contributed by atoms with Crippen molar-refractivity contribution in [2.45, 2.75) is 19.8 Å². The van der Waals surface area contributed by atoms with E-state index in [9.17, 15) is 4.39 Å². The summed E-state index contributed by atoms with van der Waals surface area (Å²) in [5, 5.41) is 8.95. The van der Waals surface area contributed by atoms with Crippen LogP contribution in [0.3, 0.4) is 0 Å². The summed E-state index contributed by atoms with van der Waals surface area (Å²) in [4.78, 5) is 3.53. The van der Waals surface area contributed by atoms with Crippen LogP contribution >= 0.6 is 11.6 Å². The predicted octanol–water partition coefficient (Wildman–Crippen LogP) is 2.70. The van der Waals surface area contributed by atoms with Gasteiger partial charge in [-0.3, -0.25) is 0 Å². The van der Waals surface area contributed by atoms with E-state index in [2.05, 4.69) is 4.98 Å². The van der Waals surface area contributed by atoms with Crippen LogP contribution in [0.5, 0.6) is 5.75 Å². The number of hydrogen-bond acceptors (Lipinski definition) is 2. The highest BCUT2D eigenvalue weighted by atomic mass is 35.5. The monoisotopic (exact) mass is 189 g/mol. The van der Waals surface area contributed by atoms with Crippen molar-refractivity contribution in [3.05, 3.63) is 22.7 Å². The minimum Gasteiger partial charge on any atom is -0.503 e. The molecule has 0 aromatic carbocycles. The molecule has 4 heteroatoms. The molecule has 0 saturated carbocycles. The highest BCUT2D eigenvalue weighted by Crippen LogP contribution is 2.27. The van der Waals surface area contributed by atoms with Crippen molar-refractivity contribution < 1.29 is 9.50 Å². The molecular weight excluding hydrogens is 181 g/mol. The maximum absolute atomic E-state index is 12.8. The van der Waals surface area contributed by atoms with Crippen molar-refractivity contribution >= 4 is 11.6 Å². The normalized spacial score (nSPS) is 10.8. The molecule has 0 radical (unpaired) electrons. The van der Waals surface area contributed by atoms with Crippen molar-refractivity contribution in [2.75, 3.05) is 0 Å². The van der Waals surface area contributed by atoms with Crippen LogP contribution in [-0.2, 0) is 0 Å². The number of rotatable bonds is 1. The van der Waals surface area contributed by atoms with Crippen LogP contribution in [-0.4, -0.2) is 10.1 Å². The molecule has 0 saturated heterocycles. The maximum Gasteiger partial charge on any atom is 0.256 e. The second kappa shape index (κ2) is 3.27. The Labute approximate surface area is 75.0 Å². The first-order valence-electron chi connectivity index (χ1n) is 3.57. The minimum absolute atomic E-state index is 0.00574. The standard InChI is InChI=1S/C8H9ClFNO/c1-4(2)6-3-5(9)7(12)8(10)11-6/h3-4,12H,1-2H3. The lowest BCUT2D eigenvalue weighted by Crippen LogP contribution is -1.95. The predicted molar refractivity (Wildman–Crippen MR) is 45.0 cm³/mol. The molecule has 12 heavy (non-hydrogen) atoms. The van der Waals surface area contributed by atoms with E-state index in [4.69, 9.17) is 16.7 Å². The van der Waals surface area contributed by atoms with Gasteiger partial charge in [0.25, 0.3) is 5.95 Å². The molecule has 0 aliphatic carbocycles. The Morgan fingerprint density at radius 3 is 2.58 bits per heavy atom. The zero-order valence-electron chi connectivity index (χ0n) is 6.81.